The molecule has 1 fully saturated rings. The Morgan fingerprint density at radius 3 is 2.51 bits per heavy atom. The van der Waals surface area contributed by atoms with Crippen LogP contribution in [0, 0.1) is 5.82 Å². The van der Waals surface area contributed by atoms with E-state index in [1.54, 1.807) is 40.5 Å². The van der Waals surface area contributed by atoms with Gasteiger partial charge in [0.05, 0.1) is 23.2 Å². The number of nitrogens with zero attached hydrogens (tertiary/aromatic N) is 2. The Morgan fingerprint density at radius 1 is 1.06 bits per heavy atom. The molecule has 3 aromatic rings. The number of rotatable bonds is 9. The minimum atomic E-state index is -0.353. The first-order chi connectivity index (χ1) is 16.9. The van der Waals surface area contributed by atoms with Crippen LogP contribution in [-0.2, 0) is 22.6 Å². The second-order valence-electron chi connectivity index (χ2n) is 8.40. The largest absolute Gasteiger partial charge is 0.376 e. The Balaban J connectivity index is 1.56. The fourth-order valence-corrected chi connectivity index (χ4v) is 5.19. The molecule has 4 rings (SSSR count). The van der Waals surface area contributed by atoms with Gasteiger partial charge in [0.1, 0.15) is 12.4 Å². The Hall–Kier alpha value is -2.45. The van der Waals surface area contributed by atoms with Crippen molar-refractivity contribution < 1.29 is 18.7 Å². The molecule has 35 heavy (non-hydrogen) atoms. The highest BCUT2D eigenvalue weighted by atomic mass is 35.5. The number of amides is 2. The summed E-state index contributed by atoms with van der Waals surface area (Å²) in [5, 5.41) is 2.61. The zero-order valence-corrected chi connectivity index (χ0v) is 21.3. The maximum absolute atomic E-state index is 13.6. The highest BCUT2D eigenvalue weighted by Gasteiger charge is 2.28. The molecular weight excluding hydrogens is 510 g/mol. The normalized spacial score (nSPS) is 15.2. The second kappa shape index (κ2) is 12.0. The minimum Gasteiger partial charge on any atom is -0.376 e. The van der Waals surface area contributed by atoms with Crippen molar-refractivity contribution in [2.24, 2.45) is 0 Å². The standard InChI is InChI=1S/C26H25Cl2FN2O3S/c27-19-7-10-23(24(28)13-19)26(33)31(15-21-3-1-11-34-21)17-25(32)30(16-22-4-2-12-35-22)14-18-5-8-20(29)9-6-18/h2,4-10,12-13,21H,1,3,11,14-17H2. The van der Waals surface area contributed by atoms with E-state index in [1.807, 2.05) is 17.5 Å². The number of ether oxygens (including phenoxy) is 1. The van der Waals surface area contributed by atoms with E-state index in [-0.39, 0.29) is 47.4 Å². The lowest BCUT2D eigenvalue weighted by molar-refractivity contribution is -0.133. The van der Waals surface area contributed by atoms with E-state index in [1.165, 1.54) is 23.1 Å². The van der Waals surface area contributed by atoms with E-state index in [9.17, 15) is 14.0 Å². The van der Waals surface area contributed by atoms with Crippen molar-refractivity contribution in [3.63, 3.8) is 0 Å². The van der Waals surface area contributed by atoms with Crippen molar-refractivity contribution in [2.75, 3.05) is 19.7 Å². The van der Waals surface area contributed by atoms with Crippen LogP contribution in [0.2, 0.25) is 10.0 Å². The zero-order chi connectivity index (χ0) is 24.8. The molecule has 0 bridgehead atoms. The van der Waals surface area contributed by atoms with Crippen LogP contribution in [0.5, 0.6) is 0 Å². The highest BCUT2D eigenvalue weighted by molar-refractivity contribution is 7.09. The van der Waals surface area contributed by atoms with Gasteiger partial charge in [0, 0.05) is 29.6 Å². The minimum absolute atomic E-state index is 0.135. The van der Waals surface area contributed by atoms with Crippen molar-refractivity contribution in [1.82, 2.24) is 9.80 Å². The number of carbonyl (C=O) groups excluding carboxylic acids is 2. The molecule has 0 saturated carbocycles. The molecule has 2 amide bonds. The van der Waals surface area contributed by atoms with E-state index in [4.69, 9.17) is 27.9 Å². The third-order valence-electron chi connectivity index (χ3n) is 5.79. The topological polar surface area (TPSA) is 49.9 Å². The summed E-state index contributed by atoms with van der Waals surface area (Å²) < 4.78 is 19.2. The summed E-state index contributed by atoms with van der Waals surface area (Å²) >= 11 is 13.9. The van der Waals surface area contributed by atoms with E-state index < -0.39 is 0 Å². The van der Waals surface area contributed by atoms with Crippen molar-refractivity contribution >= 4 is 46.4 Å². The van der Waals surface area contributed by atoms with Gasteiger partial charge in [-0.05, 0) is 60.2 Å². The van der Waals surface area contributed by atoms with Crippen LogP contribution in [0.15, 0.2) is 60.0 Å². The van der Waals surface area contributed by atoms with Crippen LogP contribution in [-0.4, -0.2) is 47.4 Å². The summed E-state index contributed by atoms with van der Waals surface area (Å²) in [5.74, 6) is -0.911. The number of hydrogen-bond donors (Lipinski definition) is 0. The third-order valence-corrected chi connectivity index (χ3v) is 7.20. The molecule has 9 heteroatoms. The molecule has 0 aliphatic carbocycles. The first kappa shape index (κ1) is 25.6. The molecular formula is C26H25Cl2FN2O3S. The first-order valence-electron chi connectivity index (χ1n) is 11.3. The fourth-order valence-electron chi connectivity index (χ4n) is 3.98. The van der Waals surface area contributed by atoms with Gasteiger partial charge in [-0.3, -0.25) is 9.59 Å². The summed E-state index contributed by atoms with van der Waals surface area (Å²) in [4.78, 5) is 31.2. The van der Waals surface area contributed by atoms with Crippen molar-refractivity contribution in [3.8, 4) is 0 Å². The summed E-state index contributed by atoms with van der Waals surface area (Å²) in [6.45, 7) is 1.47. The summed E-state index contributed by atoms with van der Waals surface area (Å²) in [6.07, 6.45) is 1.60. The highest BCUT2D eigenvalue weighted by Crippen LogP contribution is 2.24. The number of halogens is 3. The number of benzene rings is 2. The average Bonchev–Trinajstić information content (AvgIpc) is 3.53. The van der Waals surface area contributed by atoms with Crippen LogP contribution in [0.1, 0.15) is 33.6 Å². The number of thiophene rings is 1. The molecule has 1 aliphatic rings. The van der Waals surface area contributed by atoms with E-state index in [0.29, 0.717) is 24.7 Å². The molecule has 0 radical (unpaired) electrons. The summed E-state index contributed by atoms with van der Waals surface area (Å²) in [6, 6.07) is 14.6. The predicted octanol–water partition coefficient (Wildman–Crippen LogP) is 6.04. The molecule has 184 valence electrons. The third kappa shape index (κ3) is 7.04. The Kier molecular flexibility index (Phi) is 8.78. The number of hydrogen-bond acceptors (Lipinski definition) is 4. The maximum Gasteiger partial charge on any atom is 0.255 e. The van der Waals surface area contributed by atoms with Gasteiger partial charge < -0.3 is 14.5 Å². The monoisotopic (exact) mass is 534 g/mol. The molecule has 5 nitrogen and oxygen atoms in total. The van der Waals surface area contributed by atoms with Gasteiger partial charge in [-0.25, -0.2) is 4.39 Å². The number of carbonyl (C=O) groups is 2. The zero-order valence-electron chi connectivity index (χ0n) is 19.0. The maximum atomic E-state index is 13.6. The fraction of sp³-hybridized carbons (Fsp3) is 0.308. The Morgan fingerprint density at radius 2 is 1.86 bits per heavy atom. The van der Waals surface area contributed by atoms with Gasteiger partial charge in [-0.1, -0.05) is 41.4 Å². The van der Waals surface area contributed by atoms with Crippen molar-refractivity contribution in [3.05, 3.63) is 91.8 Å². The molecule has 0 spiro atoms. The molecule has 1 aromatic heterocycles. The van der Waals surface area contributed by atoms with Gasteiger partial charge in [-0.2, -0.15) is 0 Å². The van der Waals surface area contributed by atoms with Gasteiger partial charge in [0.15, 0.2) is 0 Å². The second-order valence-corrected chi connectivity index (χ2v) is 10.3. The Bertz CT molecular complexity index is 1150. The molecule has 1 unspecified atom stereocenters. The summed E-state index contributed by atoms with van der Waals surface area (Å²) in [7, 11) is 0. The van der Waals surface area contributed by atoms with Gasteiger partial charge >= 0.3 is 0 Å². The van der Waals surface area contributed by atoms with Crippen LogP contribution >= 0.6 is 34.5 Å². The van der Waals surface area contributed by atoms with Crippen molar-refractivity contribution in [2.45, 2.75) is 32.0 Å². The van der Waals surface area contributed by atoms with Gasteiger partial charge in [0.2, 0.25) is 5.91 Å². The van der Waals surface area contributed by atoms with Crippen LogP contribution < -0.4 is 0 Å². The molecule has 2 heterocycles. The summed E-state index contributed by atoms with van der Waals surface area (Å²) in [5.41, 5.74) is 1.08. The lowest BCUT2D eigenvalue weighted by Gasteiger charge is -2.29. The van der Waals surface area contributed by atoms with E-state index in [2.05, 4.69) is 0 Å². The Labute approximate surface area is 218 Å². The lowest BCUT2D eigenvalue weighted by atomic mass is 10.1. The van der Waals surface area contributed by atoms with E-state index in [0.717, 1.165) is 23.3 Å². The van der Waals surface area contributed by atoms with E-state index >= 15 is 0 Å². The van der Waals surface area contributed by atoms with Crippen LogP contribution in [0.25, 0.3) is 0 Å². The smallest absolute Gasteiger partial charge is 0.255 e. The SMILES string of the molecule is O=C(CN(CC1CCCO1)C(=O)c1ccc(Cl)cc1Cl)N(Cc1ccc(F)cc1)Cc1cccs1. The lowest BCUT2D eigenvalue weighted by Crippen LogP contribution is -2.45. The first-order valence-corrected chi connectivity index (χ1v) is 12.9. The molecule has 0 N–H and O–H groups in total. The molecule has 1 atom stereocenters. The average molecular weight is 535 g/mol. The molecule has 1 aliphatic heterocycles. The van der Waals surface area contributed by atoms with Crippen molar-refractivity contribution in [1.29, 1.82) is 0 Å². The van der Waals surface area contributed by atoms with Gasteiger partial charge in [-0.15, -0.1) is 11.3 Å². The predicted molar refractivity (Wildman–Crippen MR) is 136 cm³/mol. The van der Waals surface area contributed by atoms with Crippen LogP contribution in [0.3, 0.4) is 0 Å². The quantitative estimate of drug-likeness (QED) is 0.336. The van der Waals surface area contributed by atoms with Gasteiger partial charge in [0.25, 0.3) is 5.91 Å². The molecule has 1 saturated heterocycles. The van der Waals surface area contributed by atoms with Crippen LogP contribution in [0.4, 0.5) is 4.39 Å². The molecule has 2 aromatic carbocycles.